The number of aromatic hydroxyl groups is 2. The van der Waals surface area contributed by atoms with Crippen LogP contribution in [0.2, 0.25) is 6.04 Å². The second kappa shape index (κ2) is 19.4. The molecule has 0 heterocycles. The van der Waals surface area contributed by atoms with Gasteiger partial charge in [-0.3, -0.25) is 0 Å². The van der Waals surface area contributed by atoms with Crippen LogP contribution >= 0.6 is 0 Å². The molecule has 0 saturated heterocycles. The fraction of sp³-hybridized carbons (Fsp3) is 0.684. The molecule has 0 unspecified atom stereocenters. The molecule has 1 aromatic carbocycles. The summed E-state index contributed by atoms with van der Waals surface area (Å²) in [7, 11) is -6.55. The predicted octanol–water partition coefficient (Wildman–Crippen LogP) is 0.418. The molecular formula is C19H42N2O9Si2. The van der Waals surface area contributed by atoms with Crippen molar-refractivity contribution in [2.75, 3.05) is 39.5 Å². The molecule has 0 spiro atoms. The summed E-state index contributed by atoms with van der Waals surface area (Å²) < 4.78 is 21.0. The van der Waals surface area contributed by atoms with Crippen molar-refractivity contribution in [1.29, 1.82) is 0 Å². The van der Waals surface area contributed by atoms with Gasteiger partial charge in [-0.15, -0.1) is 0 Å². The highest BCUT2D eigenvalue weighted by Crippen LogP contribution is 2.24. The van der Waals surface area contributed by atoms with Crippen LogP contribution in [0.25, 0.3) is 0 Å². The summed E-state index contributed by atoms with van der Waals surface area (Å²) in [5.41, 5.74) is 11.7. The zero-order valence-corrected chi connectivity index (χ0v) is 21.6. The molecule has 0 aliphatic carbocycles. The fourth-order valence-electron chi connectivity index (χ4n) is 2.40. The molecule has 0 aliphatic rings. The Bertz CT molecular complexity index is 561. The van der Waals surface area contributed by atoms with Gasteiger partial charge in [-0.1, -0.05) is 6.07 Å². The molecule has 0 atom stereocenters. The van der Waals surface area contributed by atoms with Crippen LogP contribution in [-0.2, 0) is 24.1 Å². The summed E-state index contributed by atoms with van der Waals surface area (Å²) in [5, 5.41) is 18.0. The van der Waals surface area contributed by atoms with Gasteiger partial charge in [-0.05, 0) is 71.3 Å². The molecule has 0 aliphatic heterocycles. The third-order valence-corrected chi connectivity index (χ3v) is 7.42. The maximum absolute atomic E-state index is 9.04. The van der Waals surface area contributed by atoms with E-state index in [4.69, 9.17) is 49.3 Å². The molecule has 0 saturated carbocycles. The van der Waals surface area contributed by atoms with Gasteiger partial charge in [0.25, 0.3) is 0 Å². The summed E-state index contributed by atoms with van der Waals surface area (Å²) in [5.74, 6) is -0.179. The van der Waals surface area contributed by atoms with Crippen LogP contribution in [0.1, 0.15) is 39.7 Å². The van der Waals surface area contributed by atoms with E-state index in [0.29, 0.717) is 39.3 Å². The van der Waals surface area contributed by atoms with Crippen LogP contribution < -0.4 is 11.5 Å². The molecule has 0 aromatic heterocycles. The third kappa shape index (κ3) is 17.4. The van der Waals surface area contributed by atoms with Crippen LogP contribution in [0.4, 0.5) is 0 Å². The van der Waals surface area contributed by atoms with Gasteiger partial charge in [0.05, 0.1) is 0 Å². The first-order valence-corrected chi connectivity index (χ1v) is 14.4. The highest BCUT2D eigenvalue weighted by molar-refractivity contribution is 6.60. The maximum atomic E-state index is 9.04. The van der Waals surface area contributed by atoms with Crippen molar-refractivity contribution in [2.24, 2.45) is 11.5 Å². The van der Waals surface area contributed by atoms with E-state index in [1.807, 2.05) is 20.8 Å². The summed E-state index contributed by atoms with van der Waals surface area (Å²) in [6.07, 6.45) is 1.61. The predicted molar refractivity (Wildman–Crippen MR) is 126 cm³/mol. The zero-order valence-electron chi connectivity index (χ0n) is 19.6. The lowest BCUT2D eigenvalue weighted by molar-refractivity contribution is 0.0682. The average molecular weight is 499 g/mol. The third-order valence-electron chi connectivity index (χ3n) is 3.59. The number of hydrogen-bond donors (Lipinski definition) is 7. The Kier molecular flexibility index (Phi) is 20.0. The van der Waals surface area contributed by atoms with Crippen LogP contribution in [-0.4, -0.2) is 82.0 Å². The van der Waals surface area contributed by atoms with Crippen LogP contribution in [0.5, 0.6) is 11.5 Å². The smallest absolute Gasteiger partial charge is 0.504 e. The normalized spacial score (nSPS) is 11.3. The lowest BCUT2D eigenvalue weighted by atomic mass is 10.1. The minimum atomic E-state index is -4.16. The molecule has 1 rings (SSSR count). The molecule has 0 fully saturated rings. The second-order valence-corrected chi connectivity index (χ2v) is 10.4. The van der Waals surface area contributed by atoms with Crippen molar-refractivity contribution >= 4 is 17.9 Å². The molecule has 0 amide bonds. The average Bonchev–Trinajstić information content (AvgIpc) is 2.70. The Labute approximate surface area is 193 Å². The Balaban J connectivity index is 0. The van der Waals surface area contributed by atoms with Crippen molar-refractivity contribution in [3.8, 4) is 11.5 Å². The first-order valence-electron chi connectivity index (χ1n) is 10.7. The Morgan fingerprint density at radius 2 is 1.25 bits per heavy atom. The SMILES string of the molecule is CCO[Si](CCCN)(OCC)OCC.CCO[Si](O)(O)O.NCCc1ccc(O)c(O)c1. The maximum Gasteiger partial charge on any atom is 0.671 e. The van der Waals surface area contributed by atoms with Gasteiger partial charge < -0.3 is 53.8 Å². The number of hydrogen-bond acceptors (Lipinski definition) is 11. The van der Waals surface area contributed by atoms with Gasteiger partial charge in [-0.2, -0.15) is 0 Å². The van der Waals surface area contributed by atoms with E-state index in [9.17, 15) is 0 Å². The Morgan fingerprint density at radius 3 is 1.56 bits per heavy atom. The fourth-order valence-corrected chi connectivity index (χ4v) is 5.43. The minimum Gasteiger partial charge on any atom is -0.504 e. The first kappa shape index (κ1) is 33.1. The highest BCUT2D eigenvalue weighted by atomic mass is 28.4. The molecule has 1 aromatic rings. The van der Waals surface area contributed by atoms with Gasteiger partial charge in [0, 0.05) is 32.5 Å². The topological polar surface area (TPSA) is 190 Å². The van der Waals surface area contributed by atoms with Crippen LogP contribution in [0, 0.1) is 0 Å². The molecule has 0 radical (unpaired) electrons. The first-order chi connectivity index (χ1) is 15.0. The summed E-state index contributed by atoms with van der Waals surface area (Å²) in [6.45, 7) is 10.7. The number of rotatable bonds is 13. The van der Waals surface area contributed by atoms with Crippen LogP contribution in [0.15, 0.2) is 18.2 Å². The standard InChI is InChI=1S/C9H23NO3Si.C8H11NO2.C2H8O4Si/c1-4-11-14(12-5-2,13-6-3)9-7-8-10;9-4-3-6-1-2-7(10)8(11)5-6;1-2-6-7(3,4)5/h4-10H2,1-3H3;1-2,5,10-11H,3-4,9H2;3-5H,2H2,1H3. The molecular weight excluding hydrogens is 456 g/mol. The minimum absolute atomic E-state index is 0.0871. The number of phenolic OH excluding ortho intramolecular Hbond substituents is 2. The molecule has 0 bridgehead atoms. The molecule has 11 nitrogen and oxygen atoms in total. The quantitative estimate of drug-likeness (QED) is 0.147. The summed E-state index contributed by atoms with van der Waals surface area (Å²) >= 11 is 0. The van der Waals surface area contributed by atoms with Crippen molar-refractivity contribution in [3.63, 3.8) is 0 Å². The largest absolute Gasteiger partial charge is 0.671 e. The number of benzene rings is 1. The van der Waals surface area contributed by atoms with Crippen LogP contribution in [0.3, 0.4) is 0 Å². The molecule has 9 N–H and O–H groups in total. The van der Waals surface area contributed by atoms with Crippen molar-refractivity contribution < 1.29 is 42.3 Å². The number of nitrogens with two attached hydrogens (primary N) is 2. The molecule has 190 valence electrons. The Morgan fingerprint density at radius 1 is 0.750 bits per heavy atom. The second-order valence-electron chi connectivity index (χ2n) is 6.24. The van der Waals surface area contributed by atoms with Crippen molar-refractivity contribution in [1.82, 2.24) is 0 Å². The summed E-state index contributed by atoms with van der Waals surface area (Å²) in [4.78, 5) is 24.1. The highest BCUT2D eigenvalue weighted by Gasteiger charge is 2.39. The molecule has 32 heavy (non-hydrogen) atoms. The molecule has 13 heteroatoms. The zero-order chi connectivity index (χ0) is 25.0. The van der Waals surface area contributed by atoms with E-state index in [0.717, 1.165) is 18.0 Å². The van der Waals surface area contributed by atoms with E-state index in [1.54, 1.807) is 13.0 Å². The Hall–Kier alpha value is -1.11. The van der Waals surface area contributed by atoms with Gasteiger partial charge >= 0.3 is 17.9 Å². The van der Waals surface area contributed by atoms with Gasteiger partial charge in [0.1, 0.15) is 0 Å². The monoisotopic (exact) mass is 498 g/mol. The van der Waals surface area contributed by atoms with E-state index < -0.39 is 17.9 Å². The van der Waals surface area contributed by atoms with E-state index in [2.05, 4.69) is 4.43 Å². The number of phenols is 2. The lowest BCUT2D eigenvalue weighted by Gasteiger charge is -2.28. The summed E-state index contributed by atoms with van der Waals surface area (Å²) in [6, 6.07) is 5.53. The van der Waals surface area contributed by atoms with Crippen molar-refractivity contribution in [3.05, 3.63) is 23.8 Å². The van der Waals surface area contributed by atoms with Gasteiger partial charge in [0.15, 0.2) is 11.5 Å². The van der Waals surface area contributed by atoms with Gasteiger partial charge in [0.2, 0.25) is 0 Å². The van der Waals surface area contributed by atoms with E-state index >= 15 is 0 Å². The van der Waals surface area contributed by atoms with Gasteiger partial charge in [-0.25, -0.2) is 0 Å². The van der Waals surface area contributed by atoms with E-state index in [1.165, 1.54) is 12.1 Å². The lowest BCUT2D eigenvalue weighted by Crippen LogP contribution is -2.46. The van der Waals surface area contributed by atoms with E-state index in [-0.39, 0.29) is 18.1 Å². The van der Waals surface area contributed by atoms with Crippen molar-refractivity contribution in [2.45, 2.75) is 46.6 Å².